The van der Waals surface area contributed by atoms with Crippen LogP contribution in [0.25, 0.3) is 0 Å². The lowest BCUT2D eigenvalue weighted by atomic mass is 9.95. The fourth-order valence-corrected chi connectivity index (χ4v) is 4.86. The summed E-state index contributed by atoms with van der Waals surface area (Å²) in [6, 6.07) is 28.4. The summed E-state index contributed by atoms with van der Waals surface area (Å²) in [5.74, 6) is 1.29. The number of aryl methyl sites for hydroxylation is 1. The van der Waals surface area contributed by atoms with Gasteiger partial charge in [0.15, 0.2) is 0 Å². The van der Waals surface area contributed by atoms with E-state index in [0.717, 1.165) is 45.9 Å². The third-order valence-corrected chi connectivity index (χ3v) is 6.86. The fourth-order valence-electron chi connectivity index (χ4n) is 4.67. The van der Waals surface area contributed by atoms with Crippen LogP contribution in [-0.2, 0) is 6.61 Å². The van der Waals surface area contributed by atoms with Gasteiger partial charge in [-0.1, -0.05) is 53.6 Å². The highest BCUT2D eigenvalue weighted by atomic mass is 35.5. The Labute approximate surface area is 214 Å². The van der Waals surface area contributed by atoms with Crippen LogP contribution in [0.3, 0.4) is 0 Å². The van der Waals surface area contributed by atoms with Gasteiger partial charge in [-0.05, 0) is 72.6 Å². The summed E-state index contributed by atoms with van der Waals surface area (Å²) in [6.07, 6.45) is 0.396. The Balaban J connectivity index is 1.27. The van der Waals surface area contributed by atoms with Gasteiger partial charge in [-0.15, -0.1) is 0 Å². The number of hydrazone groups is 1. The van der Waals surface area contributed by atoms with Gasteiger partial charge in [0.25, 0.3) is 0 Å². The molecule has 6 rings (SSSR count). The summed E-state index contributed by atoms with van der Waals surface area (Å²) in [4.78, 5) is 0. The van der Waals surface area contributed by atoms with Crippen molar-refractivity contribution in [2.24, 2.45) is 5.10 Å². The van der Waals surface area contributed by atoms with Crippen LogP contribution in [0.15, 0.2) is 96.1 Å². The Kier molecular flexibility index (Phi) is 5.86. The van der Waals surface area contributed by atoms with Gasteiger partial charge in [-0.2, -0.15) is 5.10 Å². The summed E-state index contributed by atoms with van der Waals surface area (Å²) in [5.41, 5.74) is 6.29. The van der Waals surface area contributed by atoms with E-state index in [4.69, 9.17) is 26.2 Å². The van der Waals surface area contributed by atoms with Gasteiger partial charge in [-0.3, -0.25) is 0 Å². The Hall–Kier alpha value is -3.83. The third kappa shape index (κ3) is 4.42. The van der Waals surface area contributed by atoms with Gasteiger partial charge < -0.3 is 9.47 Å². The van der Waals surface area contributed by atoms with Gasteiger partial charge in [0.1, 0.15) is 23.9 Å². The van der Waals surface area contributed by atoms with Gasteiger partial charge in [0.05, 0.1) is 11.8 Å². The highest BCUT2D eigenvalue weighted by Gasteiger charge is 2.41. The maximum atomic E-state index is 13.1. The van der Waals surface area contributed by atoms with Crippen molar-refractivity contribution in [1.82, 2.24) is 5.01 Å². The van der Waals surface area contributed by atoms with E-state index in [0.29, 0.717) is 11.6 Å². The molecule has 180 valence electrons. The second-order valence-electron chi connectivity index (χ2n) is 9.15. The molecule has 0 bridgehead atoms. The maximum Gasteiger partial charge on any atom is 0.213 e. The second-order valence-corrected chi connectivity index (χ2v) is 9.59. The van der Waals surface area contributed by atoms with Crippen LogP contribution in [-0.4, -0.2) is 10.7 Å². The van der Waals surface area contributed by atoms with E-state index in [2.05, 4.69) is 31.2 Å². The molecule has 0 aliphatic carbocycles. The Morgan fingerprint density at radius 1 is 0.972 bits per heavy atom. The van der Waals surface area contributed by atoms with Crippen LogP contribution >= 0.6 is 11.6 Å². The zero-order chi connectivity index (χ0) is 24.6. The van der Waals surface area contributed by atoms with Gasteiger partial charge in [0.2, 0.25) is 6.23 Å². The predicted octanol–water partition coefficient (Wildman–Crippen LogP) is 7.61. The average Bonchev–Trinajstić information content (AvgIpc) is 3.35. The van der Waals surface area contributed by atoms with Crippen molar-refractivity contribution in [2.75, 3.05) is 0 Å². The second kappa shape index (κ2) is 9.32. The number of hydrogen-bond donors (Lipinski definition) is 0. The van der Waals surface area contributed by atoms with E-state index in [1.165, 1.54) is 17.7 Å². The molecule has 2 aliphatic rings. The smallest absolute Gasteiger partial charge is 0.213 e. The number of ether oxygens (including phenoxy) is 2. The number of fused-ring (bicyclic) bond motifs is 3. The highest BCUT2D eigenvalue weighted by molar-refractivity contribution is 6.30. The zero-order valence-electron chi connectivity index (χ0n) is 19.7. The number of nitrogens with zero attached hydrogens (tertiary/aromatic N) is 2. The minimum atomic E-state index is -0.377. The lowest BCUT2D eigenvalue weighted by Crippen LogP contribution is -2.33. The molecule has 36 heavy (non-hydrogen) atoms. The van der Waals surface area contributed by atoms with E-state index in [-0.39, 0.29) is 18.1 Å². The van der Waals surface area contributed by atoms with Gasteiger partial charge in [0, 0.05) is 22.6 Å². The molecule has 0 saturated heterocycles. The van der Waals surface area contributed by atoms with E-state index < -0.39 is 0 Å². The number of rotatable bonds is 5. The molecule has 2 heterocycles. The predicted molar refractivity (Wildman–Crippen MR) is 139 cm³/mol. The topological polar surface area (TPSA) is 34.1 Å². The lowest BCUT2D eigenvalue weighted by Gasteiger charge is -2.38. The van der Waals surface area contributed by atoms with Crippen LogP contribution in [0.4, 0.5) is 4.39 Å². The number of benzene rings is 4. The van der Waals surface area contributed by atoms with E-state index in [1.807, 2.05) is 47.5 Å². The number of hydrogen-bond acceptors (Lipinski definition) is 4. The molecule has 4 nitrogen and oxygen atoms in total. The lowest BCUT2D eigenvalue weighted by molar-refractivity contribution is -0.0190. The van der Waals surface area contributed by atoms with Crippen LogP contribution in [0.5, 0.6) is 11.5 Å². The largest absolute Gasteiger partial charge is 0.489 e. The Morgan fingerprint density at radius 3 is 2.47 bits per heavy atom. The summed E-state index contributed by atoms with van der Waals surface area (Å²) < 4.78 is 25.5. The zero-order valence-corrected chi connectivity index (χ0v) is 20.5. The molecule has 0 radical (unpaired) electrons. The van der Waals surface area contributed by atoms with Gasteiger partial charge in [-0.25, -0.2) is 9.40 Å². The maximum absolute atomic E-state index is 13.1. The molecule has 2 atom stereocenters. The first-order valence-electron chi connectivity index (χ1n) is 11.9. The quantitative estimate of drug-likeness (QED) is 0.284. The minimum Gasteiger partial charge on any atom is -0.489 e. The van der Waals surface area contributed by atoms with Crippen molar-refractivity contribution in [1.29, 1.82) is 0 Å². The standard InChI is InChI=1S/C30H24ClFN2O2/c1-19-2-6-21(7-3-19)27-17-28-26-16-23(31)10-15-29(26)36-30(34(28)33-27)22-8-13-25(14-9-22)35-18-20-4-11-24(32)12-5-20/h2-16,28,30H,17-18H2,1H3/t28-,30+/m0/s1. The first-order chi connectivity index (χ1) is 17.5. The Bertz CT molecular complexity index is 1420. The average molecular weight is 499 g/mol. The number of halogens is 2. The molecule has 0 fully saturated rings. The normalized spacial score (nSPS) is 18.2. The van der Waals surface area contributed by atoms with Crippen molar-refractivity contribution in [3.8, 4) is 11.5 Å². The van der Waals surface area contributed by atoms with Crippen LogP contribution < -0.4 is 9.47 Å². The molecule has 0 aromatic heterocycles. The third-order valence-electron chi connectivity index (χ3n) is 6.62. The SMILES string of the molecule is Cc1ccc(C2=NN3[C@@H](c4ccc(OCc5ccc(F)cc5)cc4)Oc4ccc(Cl)cc4[C@@H]3C2)cc1. The first-order valence-corrected chi connectivity index (χ1v) is 12.3. The van der Waals surface area contributed by atoms with Crippen LogP contribution in [0.2, 0.25) is 5.02 Å². The molecule has 6 heteroatoms. The van der Waals surface area contributed by atoms with E-state index in [9.17, 15) is 4.39 Å². The van der Waals surface area contributed by atoms with Crippen molar-refractivity contribution in [2.45, 2.75) is 32.2 Å². The first kappa shape index (κ1) is 22.6. The molecule has 0 unspecified atom stereocenters. The molecule has 4 aromatic carbocycles. The summed E-state index contributed by atoms with van der Waals surface area (Å²) >= 11 is 6.35. The highest BCUT2D eigenvalue weighted by Crippen LogP contribution is 2.48. The molecule has 0 saturated carbocycles. The fraction of sp³-hybridized carbons (Fsp3) is 0.167. The van der Waals surface area contributed by atoms with Crippen LogP contribution in [0, 0.1) is 12.7 Å². The summed E-state index contributed by atoms with van der Waals surface area (Å²) in [7, 11) is 0. The van der Waals surface area contributed by atoms with E-state index >= 15 is 0 Å². The van der Waals surface area contributed by atoms with Gasteiger partial charge >= 0.3 is 0 Å². The van der Waals surface area contributed by atoms with E-state index in [1.54, 1.807) is 12.1 Å². The summed E-state index contributed by atoms with van der Waals surface area (Å²) in [6.45, 7) is 2.45. The van der Waals surface area contributed by atoms with Crippen molar-refractivity contribution in [3.05, 3.63) is 130 Å². The molecule has 0 amide bonds. The van der Waals surface area contributed by atoms with Crippen molar-refractivity contribution >= 4 is 17.3 Å². The molecular formula is C30H24ClFN2O2. The molecular weight excluding hydrogens is 475 g/mol. The molecule has 2 aliphatic heterocycles. The minimum absolute atomic E-state index is 0.0307. The molecule has 0 spiro atoms. The summed E-state index contributed by atoms with van der Waals surface area (Å²) in [5, 5.41) is 7.75. The Morgan fingerprint density at radius 2 is 1.72 bits per heavy atom. The molecule has 0 N–H and O–H groups in total. The monoisotopic (exact) mass is 498 g/mol. The molecule has 4 aromatic rings. The van der Waals surface area contributed by atoms with Crippen molar-refractivity contribution < 1.29 is 13.9 Å². The van der Waals surface area contributed by atoms with Crippen molar-refractivity contribution in [3.63, 3.8) is 0 Å². The van der Waals surface area contributed by atoms with Crippen LogP contribution in [0.1, 0.15) is 46.5 Å².